The number of rotatable bonds is 14. The van der Waals surface area contributed by atoms with Gasteiger partial charge in [-0.15, -0.1) is 10.2 Å². The van der Waals surface area contributed by atoms with Crippen molar-refractivity contribution in [1.82, 2.24) is 15.5 Å². The van der Waals surface area contributed by atoms with Crippen molar-refractivity contribution < 1.29 is 19.4 Å². The Bertz CT molecular complexity index is 1320. The van der Waals surface area contributed by atoms with Gasteiger partial charge in [0.2, 0.25) is 11.0 Å². The lowest BCUT2D eigenvalue weighted by Gasteiger charge is -2.21. The van der Waals surface area contributed by atoms with Crippen molar-refractivity contribution in [1.29, 1.82) is 10.8 Å². The van der Waals surface area contributed by atoms with Crippen LogP contribution in [0, 0.1) is 10.8 Å². The average Bonchev–Trinajstić information content (AvgIpc) is 3.42. The predicted octanol–water partition coefficient (Wildman–Crippen LogP) is 5.32. The fraction of sp³-hybridized carbons (Fsp3) is 0.393. The van der Waals surface area contributed by atoms with Gasteiger partial charge in [-0.1, -0.05) is 54.7 Å². The summed E-state index contributed by atoms with van der Waals surface area (Å²) >= 11 is 4.03. The number of carbonyl (C=O) groups excluding carboxylic acids is 1. The summed E-state index contributed by atoms with van der Waals surface area (Å²) in [6.07, 6.45) is 0.360. The van der Waals surface area contributed by atoms with Gasteiger partial charge in [-0.2, -0.15) is 11.8 Å². The number of methoxy groups -OCH3 is 2. The number of amidine groups is 1. The molecule has 0 spiro atoms. The van der Waals surface area contributed by atoms with Gasteiger partial charge >= 0.3 is 0 Å². The first kappa shape index (κ1) is 32.4. The third-order valence-corrected chi connectivity index (χ3v) is 8.89. The molecule has 13 heteroatoms. The largest absolute Gasteiger partial charge is 0.496 e. The number of nitrogens with zero attached hydrogens (tertiary/aromatic N) is 2. The van der Waals surface area contributed by atoms with Crippen molar-refractivity contribution in [2.45, 2.75) is 44.8 Å². The van der Waals surface area contributed by atoms with E-state index in [-0.39, 0.29) is 17.0 Å². The lowest BCUT2D eigenvalue weighted by Crippen LogP contribution is -2.32. The van der Waals surface area contributed by atoms with Crippen LogP contribution in [0.1, 0.15) is 48.2 Å². The Morgan fingerprint density at radius 3 is 2.32 bits per heavy atom. The zero-order valence-corrected chi connectivity index (χ0v) is 25.9. The summed E-state index contributed by atoms with van der Waals surface area (Å²) in [5.74, 6) is 1.84. The molecule has 0 aliphatic carbocycles. The highest BCUT2D eigenvalue weighted by atomic mass is 32.2. The van der Waals surface area contributed by atoms with Crippen LogP contribution in [0.5, 0.6) is 11.5 Å². The summed E-state index contributed by atoms with van der Waals surface area (Å²) in [7, 11) is 3.17. The molecule has 3 unspecified atom stereocenters. The standard InChI is InChI=1S/C28H36N6O4S3/c1-17(19-9-5-7-11-21(19)37-3)25(35)31-27(30)40-23(29)13-15-39-16-14-24-33-34-28(41-24)32-26(36)18(2)20-10-6-8-12-22(20)38-4/h5-12,17-18,26,29,36H,13-16H2,1-4H3,(H,32,34)(H2,30,31,35). The maximum Gasteiger partial charge on any atom is 0.233 e. The first-order chi connectivity index (χ1) is 19.7. The molecule has 0 radical (unpaired) electrons. The van der Waals surface area contributed by atoms with Crippen molar-refractivity contribution in [3.05, 3.63) is 64.7 Å². The monoisotopic (exact) mass is 616 g/mol. The number of hydrogen-bond acceptors (Lipinski definition) is 12. The molecule has 1 aromatic heterocycles. The van der Waals surface area contributed by atoms with Gasteiger partial charge in [-0.05, 0) is 42.3 Å². The van der Waals surface area contributed by atoms with Gasteiger partial charge in [0, 0.05) is 29.9 Å². The molecule has 2 aromatic carbocycles. The van der Waals surface area contributed by atoms with Crippen molar-refractivity contribution in [3.63, 3.8) is 0 Å². The van der Waals surface area contributed by atoms with Crippen LogP contribution < -0.4 is 20.1 Å². The van der Waals surface area contributed by atoms with E-state index in [0.29, 0.717) is 28.1 Å². The minimum atomic E-state index is -0.849. The van der Waals surface area contributed by atoms with Gasteiger partial charge in [0.15, 0.2) is 5.17 Å². The van der Waals surface area contributed by atoms with Gasteiger partial charge in [-0.3, -0.25) is 15.6 Å². The van der Waals surface area contributed by atoms with E-state index in [9.17, 15) is 9.90 Å². The van der Waals surface area contributed by atoms with Gasteiger partial charge in [0.05, 0.1) is 25.2 Å². The van der Waals surface area contributed by atoms with Crippen LogP contribution in [0.2, 0.25) is 0 Å². The number of aromatic nitrogens is 2. The highest BCUT2D eigenvalue weighted by molar-refractivity contribution is 8.26. The number of nitrogens with one attached hydrogen (secondary N) is 4. The predicted molar refractivity (Wildman–Crippen MR) is 169 cm³/mol. The van der Waals surface area contributed by atoms with E-state index in [4.69, 9.17) is 20.3 Å². The number of benzene rings is 2. The fourth-order valence-corrected chi connectivity index (χ4v) is 6.41. The first-order valence-corrected chi connectivity index (χ1v) is 15.8. The van der Waals surface area contributed by atoms with Gasteiger partial charge < -0.3 is 25.2 Å². The van der Waals surface area contributed by atoms with Crippen molar-refractivity contribution in [3.8, 4) is 11.5 Å². The SMILES string of the molecule is COc1ccccc1C(C)C(=O)NC(=N)SC(=N)CCSCCc1nnc(NC(O)C(C)c2ccccc2OC)s1. The third kappa shape index (κ3) is 9.73. The lowest BCUT2D eigenvalue weighted by molar-refractivity contribution is -0.120. The molecule has 0 saturated carbocycles. The Morgan fingerprint density at radius 2 is 1.63 bits per heavy atom. The number of para-hydroxylation sites is 2. The van der Waals surface area contributed by atoms with Crippen LogP contribution in [-0.2, 0) is 11.2 Å². The Hall–Kier alpha value is -3.13. The summed E-state index contributed by atoms with van der Waals surface area (Å²) in [4.78, 5) is 12.6. The van der Waals surface area contributed by atoms with Crippen molar-refractivity contribution >= 4 is 56.1 Å². The molecule has 3 rings (SSSR count). The minimum Gasteiger partial charge on any atom is -0.496 e. The van der Waals surface area contributed by atoms with Crippen LogP contribution in [0.15, 0.2) is 48.5 Å². The number of carbonyl (C=O) groups is 1. The van der Waals surface area contributed by atoms with E-state index in [1.165, 1.54) is 11.3 Å². The maximum atomic E-state index is 12.6. The van der Waals surface area contributed by atoms with Crippen LogP contribution in [0.25, 0.3) is 0 Å². The Labute approximate surface area is 253 Å². The minimum absolute atomic E-state index is 0.0668. The second-order valence-corrected chi connectivity index (χ2v) is 12.4. The highest BCUT2D eigenvalue weighted by Gasteiger charge is 2.22. The number of ether oxygens (including phenoxy) is 2. The summed E-state index contributed by atoms with van der Waals surface area (Å²) in [6, 6.07) is 14.9. The second-order valence-electron chi connectivity index (χ2n) is 9.04. The second kappa shape index (κ2) is 16.3. The smallest absolute Gasteiger partial charge is 0.233 e. The summed E-state index contributed by atoms with van der Waals surface area (Å²) in [5, 5.41) is 42.6. The Kier molecular flexibility index (Phi) is 12.9. The molecule has 0 bridgehead atoms. The van der Waals surface area contributed by atoms with Crippen LogP contribution in [-0.4, -0.2) is 63.4 Å². The number of thioether (sulfide) groups is 2. The molecule has 0 saturated heterocycles. The number of aliphatic hydroxyl groups is 1. The van der Waals surface area contributed by atoms with Crippen molar-refractivity contribution in [2.24, 2.45) is 0 Å². The molecule has 0 fully saturated rings. The van der Waals surface area contributed by atoms with Gasteiger partial charge in [0.25, 0.3) is 0 Å². The highest BCUT2D eigenvalue weighted by Crippen LogP contribution is 2.30. The van der Waals surface area contributed by atoms with Gasteiger partial charge in [-0.25, -0.2) is 0 Å². The van der Waals surface area contributed by atoms with E-state index in [2.05, 4.69) is 20.8 Å². The molecular formula is C28H36N6O4S3. The molecule has 1 amide bonds. The van der Waals surface area contributed by atoms with Crippen molar-refractivity contribution in [2.75, 3.05) is 31.0 Å². The van der Waals surface area contributed by atoms with Crippen LogP contribution in [0.4, 0.5) is 5.13 Å². The Morgan fingerprint density at radius 1 is 1.00 bits per heavy atom. The molecule has 0 aliphatic rings. The number of amides is 1. The third-order valence-electron chi connectivity index (χ3n) is 6.24. The zero-order valence-electron chi connectivity index (χ0n) is 23.5. The molecule has 10 nitrogen and oxygen atoms in total. The van der Waals surface area contributed by atoms with E-state index < -0.39 is 12.1 Å². The zero-order chi connectivity index (χ0) is 29.8. The number of aliphatic hydroxyl groups excluding tert-OH is 1. The molecule has 220 valence electrons. The normalized spacial score (nSPS) is 13.1. The van der Waals surface area contributed by atoms with E-state index in [0.717, 1.165) is 45.8 Å². The molecule has 5 N–H and O–H groups in total. The lowest BCUT2D eigenvalue weighted by atomic mass is 9.98. The van der Waals surface area contributed by atoms with E-state index in [1.807, 2.05) is 49.4 Å². The topological polar surface area (TPSA) is 153 Å². The number of hydrogen-bond donors (Lipinski definition) is 5. The number of aryl methyl sites for hydroxylation is 1. The summed E-state index contributed by atoms with van der Waals surface area (Å²) < 4.78 is 10.7. The first-order valence-electron chi connectivity index (χ1n) is 13.0. The van der Waals surface area contributed by atoms with Crippen LogP contribution in [0.3, 0.4) is 0 Å². The quantitative estimate of drug-likeness (QED) is 0.0701. The Balaban J connectivity index is 1.34. The molecule has 0 aliphatic heterocycles. The summed E-state index contributed by atoms with van der Waals surface area (Å²) in [5.41, 5.74) is 1.65. The van der Waals surface area contributed by atoms with Gasteiger partial charge in [0.1, 0.15) is 22.7 Å². The molecule has 1 heterocycles. The molecule has 3 aromatic rings. The van der Waals surface area contributed by atoms with E-state index in [1.54, 1.807) is 39.0 Å². The fourth-order valence-electron chi connectivity index (χ4n) is 3.89. The average molecular weight is 617 g/mol. The maximum absolute atomic E-state index is 12.6. The summed E-state index contributed by atoms with van der Waals surface area (Å²) in [6.45, 7) is 3.68. The molecule has 41 heavy (non-hydrogen) atoms. The molecular weight excluding hydrogens is 581 g/mol. The number of anilines is 1. The van der Waals surface area contributed by atoms with Crippen LogP contribution >= 0.6 is 34.9 Å². The van der Waals surface area contributed by atoms with E-state index >= 15 is 0 Å². The molecule has 3 atom stereocenters.